The molecule has 1 aromatic carbocycles. The number of thioether (sulfide) groups is 1. The highest BCUT2D eigenvalue weighted by atomic mass is 32.2. The van der Waals surface area contributed by atoms with Crippen LogP contribution in [-0.2, 0) is 16.0 Å². The first kappa shape index (κ1) is 15.6. The van der Waals surface area contributed by atoms with Crippen LogP contribution in [0, 0.1) is 5.92 Å². The Hall–Kier alpha value is -1.75. The van der Waals surface area contributed by atoms with Crippen LogP contribution >= 0.6 is 11.8 Å². The third-order valence-corrected chi connectivity index (χ3v) is 4.76. The Bertz CT molecular complexity index is 542. The largest absolute Gasteiger partial charge is 0.480 e. The zero-order valence-electron chi connectivity index (χ0n) is 12.1. The summed E-state index contributed by atoms with van der Waals surface area (Å²) in [6, 6.07) is 8.52. The van der Waals surface area contributed by atoms with Crippen LogP contribution in [-0.4, -0.2) is 33.2 Å². The number of rotatable bonds is 5. The van der Waals surface area contributed by atoms with E-state index < -0.39 is 12.0 Å². The summed E-state index contributed by atoms with van der Waals surface area (Å²) in [7, 11) is 0. The van der Waals surface area contributed by atoms with Gasteiger partial charge in [-0.1, -0.05) is 44.2 Å². The molecule has 2 atom stereocenters. The zero-order chi connectivity index (χ0) is 15.4. The van der Waals surface area contributed by atoms with E-state index in [0.717, 1.165) is 5.56 Å². The highest BCUT2D eigenvalue weighted by molar-refractivity contribution is 8.03. The minimum absolute atomic E-state index is 0.124. The second kappa shape index (κ2) is 6.80. The van der Waals surface area contributed by atoms with Crippen LogP contribution in [0.5, 0.6) is 0 Å². The first-order valence-corrected chi connectivity index (χ1v) is 7.86. The molecule has 1 N–H and O–H groups in total. The normalized spacial score (nSPS) is 19.9. The average molecular weight is 305 g/mol. The Kier molecular flexibility index (Phi) is 5.07. The molecule has 0 radical (unpaired) electrons. The molecule has 1 aliphatic heterocycles. The molecule has 0 aromatic heterocycles. The van der Waals surface area contributed by atoms with Crippen molar-refractivity contribution in [2.24, 2.45) is 5.92 Å². The molecule has 2 unspecified atom stereocenters. The summed E-state index contributed by atoms with van der Waals surface area (Å²) in [5.74, 6) is -0.937. The highest BCUT2D eigenvalue weighted by Crippen LogP contribution is 2.29. The van der Waals surface area contributed by atoms with Gasteiger partial charge in [0.25, 0.3) is 0 Å². The number of benzene rings is 1. The van der Waals surface area contributed by atoms with Gasteiger partial charge in [0, 0.05) is 12.6 Å². The fraction of sp³-hybridized carbons (Fsp3) is 0.375. The molecule has 0 saturated heterocycles. The van der Waals surface area contributed by atoms with Crippen molar-refractivity contribution in [3.05, 3.63) is 47.5 Å². The highest BCUT2D eigenvalue weighted by Gasteiger charge is 2.36. The van der Waals surface area contributed by atoms with E-state index in [0.29, 0.717) is 6.42 Å². The molecule has 5 heteroatoms. The van der Waals surface area contributed by atoms with Crippen molar-refractivity contribution >= 4 is 23.6 Å². The van der Waals surface area contributed by atoms with Gasteiger partial charge in [-0.05, 0) is 16.9 Å². The first-order chi connectivity index (χ1) is 10.0. The predicted octanol–water partition coefficient (Wildman–Crippen LogP) is 2.75. The molecule has 0 aliphatic carbocycles. The third-order valence-electron chi connectivity index (χ3n) is 3.44. The fourth-order valence-corrected chi connectivity index (χ4v) is 3.23. The van der Waals surface area contributed by atoms with E-state index in [9.17, 15) is 14.7 Å². The summed E-state index contributed by atoms with van der Waals surface area (Å²) in [6.45, 7) is 3.94. The van der Waals surface area contributed by atoms with Crippen molar-refractivity contribution in [2.75, 3.05) is 0 Å². The van der Waals surface area contributed by atoms with Gasteiger partial charge >= 0.3 is 5.97 Å². The lowest BCUT2D eigenvalue weighted by Crippen LogP contribution is -2.48. The molecule has 112 valence electrons. The SMILES string of the molecule is CC(C)C1SC=CN(C(Cc2ccccc2)C(=O)O)C1=O. The smallest absolute Gasteiger partial charge is 0.327 e. The molecular formula is C16H19NO3S. The lowest BCUT2D eigenvalue weighted by molar-refractivity contribution is -0.148. The minimum atomic E-state index is -0.980. The van der Waals surface area contributed by atoms with Crippen molar-refractivity contribution in [1.29, 1.82) is 0 Å². The quantitative estimate of drug-likeness (QED) is 0.909. The molecule has 0 spiro atoms. The van der Waals surface area contributed by atoms with Crippen molar-refractivity contribution in [3.8, 4) is 0 Å². The van der Waals surface area contributed by atoms with E-state index in [1.807, 2.05) is 49.6 Å². The maximum absolute atomic E-state index is 12.5. The van der Waals surface area contributed by atoms with Gasteiger partial charge in [-0.3, -0.25) is 4.79 Å². The van der Waals surface area contributed by atoms with E-state index in [-0.39, 0.29) is 17.1 Å². The van der Waals surface area contributed by atoms with Crippen LogP contribution in [0.3, 0.4) is 0 Å². The Balaban J connectivity index is 2.22. The van der Waals surface area contributed by atoms with Crippen LogP contribution in [0.2, 0.25) is 0 Å². The van der Waals surface area contributed by atoms with Gasteiger partial charge in [0.1, 0.15) is 6.04 Å². The Morgan fingerprint density at radius 2 is 2.00 bits per heavy atom. The summed E-state index contributed by atoms with van der Waals surface area (Å²) < 4.78 is 0. The molecular weight excluding hydrogens is 286 g/mol. The van der Waals surface area contributed by atoms with Gasteiger partial charge in [0.05, 0.1) is 5.25 Å². The molecule has 0 fully saturated rings. The van der Waals surface area contributed by atoms with Crippen LogP contribution in [0.4, 0.5) is 0 Å². The van der Waals surface area contributed by atoms with Crippen molar-refractivity contribution in [1.82, 2.24) is 4.90 Å². The monoisotopic (exact) mass is 305 g/mol. The number of carbonyl (C=O) groups excluding carboxylic acids is 1. The molecule has 21 heavy (non-hydrogen) atoms. The molecule has 4 nitrogen and oxygen atoms in total. The maximum atomic E-state index is 12.5. The summed E-state index contributed by atoms with van der Waals surface area (Å²) >= 11 is 1.45. The first-order valence-electron chi connectivity index (χ1n) is 6.91. The second-order valence-corrected chi connectivity index (χ2v) is 6.43. The van der Waals surface area contributed by atoms with Crippen LogP contribution in [0.15, 0.2) is 41.9 Å². The molecule has 1 amide bonds. The fourth-order valence-electron chi connectivity index (χ4n) is 2.31. The molecule has 1 heterocycles. The predicted molar refractivity (Wildman–Crippen MR) is 83.8 cm³/mol. The van der Waals surface area contributed by atoms with E-state index in [1.54, 1.807) is 6.20 Å². The summed E-state index contributed by atoms with van der Waals surface area (Å²) in [5.41, 5.74) is 0.908. The number of hydrogen-bond donors (Lipinski definition) is 1. The van der Waals surface area contributed by atoms with E-state index >= 15 is 0 Å². The standard InChI is InChI=1S/C16H19NO3S/c1-11(2)14-15(18)17(8-9-21-14)13(16(19)20)10-12-6-4-3-5-7-12/h3-9,11,13-14H,10H2,1-2H3,(H,19,20). The summed E-state index contributed by atoms with van der Waals surface area (Å²) in [5, 5.41) is 11.1. The number of amides is 1. The van der Waals surface area contributed by atoms with E-state index in [2.05, 4.69) is 0 Å². The van der Waals surface area contributed by atoms with Gasteiger partial charge in [0.2, 0.25) is 5.91 Å². The van der Waals surface area contributed by atoms with Gasteiger partial charge < -0.3 is 10.0 Å². The number of aliphatic carboxylic acids is 1. The second-order valence-electron chi connectivity index (χ2n) is 5.38. The van der Waals surface area contributed by atoms with Crippen LogP contribution in [0.1, 0.15) is 19.4 Å². The van der Waals surface area contributed by atoms with Crippen LogP contribution in [0.25, 0.3) is 0 Å². The minimum Gasteiger partial charge on any atom is -0.480 e. The summed E-state index contributed by atoms with van der Waals surface area (Å²) in [6.07, 6.45) is 1.90. The van der Waals surface area contributed by atoms with Crippen LogP contribution < -0.4 is 0 Å². The average Bonchev–Trinajstić information content (AvgIpc) is 2.46. The van der Waals surface area contributed by atoms with Crippen molar-refractivity contribution in [3.63, 3.8) is 0 Å². The lowest BCUT2D eigenvalue weighted by atomic mass is 10.0. The molecule has 1 aliphatic rings. The topological polar surface area (TPSA) is 57.6 Å². The van der Waals surface area contributed by atoms with Crippen molar-refractivity contribution in [2.45, 2.75) is 31.6 Å². The molecule has 0 saturated carbocycles. The maximum Gasteiger partial charge on any atom is 0.327 e. The summed E-state index contributed by atoms with van der Waals surface area (Å²) in [4.78, 5) is 25.5. The number of carboxylic acids is 1. The lowest BCUT2D eigenvalue weighted by Gasteiger charge is -2.33. The number of carboxylic acid groups (broad SMARTS) is 1. The Labute approximate surface area is 128 Å². The molecule has 0 bridgehead atoms. The van der Waals surface area contributed by atoms with Gasteiger partial charge in [-0.25, -0.2) is 4.79 Å². The number of carbonyl (C=O) groups is 2. The van der Waals surface area contributed by atoms with Gasteiger partial charge in [-0.2, -0.15) is 0 Å². The number of nitrogens with zero attached hydrogens (tertiary/aromatic N) is 1. The Morgan fingerprint density at radius 1 is 1.33 bits per heavy atom. The molecule has 1 aromatic rings. The van der Waals surface area contributed by atoms with E-state index in [1.165, 1.54) is 16.7 Å². The van der Waals surface area contributed by atoms with Gasteiger partial charge in [-0.15, -0.1) is 11.8 Å². The number of hydrogen-bond acceptors (Lipinski definition) is 3. The Morgan fingerprint density at radius 3 is 2.57 bits per heavy atom. The van der Waals surface area contributed by atoms with Gasteiger partial charge in [0.15, 0.2) is 0 Å². The third kappa shape index (κ3) is 3.67. The molecule has 2 rings (SSSR count). The van der Waals surface area contributed by atoms with Crippen molar-refractivity contribution < 1.29 is 14.7 Å². The zero-order valence-corrected chi connectivity index (χ0v) is 12.9. The van der Waals surface area contributed by atoms with E-state index in [4.69, 9.17) is 0 Å².